The molecule has 0 radical (unpaired) electrons. The number of benzene rings is 1. The number of nitrogens with zero attached hydrogens (tertiary/aromatic N) is 4. The maximum Gasteiger partial charge on any atom is 0.273 e. The van der Waals surface area contributed by atoms with Gasteiger partial charge in [-0.2, -0.15) is 0 Å². The third-order valence-electron chi connectivity index (χ3n) is 3.99. The molecule has 2 aromatic heterocycles. The lowest BCUT2D eigenvalue weighted by Crippen LogP contribution is -2.25. The van der Waals surface area contributed by atoms with Gasteiger partial charge in [0.2, 0.25) is 0 Å². The summed E-state index contributed by atoms with van der Waals surface area (Å²) in [5.41, 5.74) is 1.53. The molecule has 0 spiro atoms. The number of rotatable bonds is 6. The fourth-order valence-electron chi connectivity index (χ4n) is 2.45. The molecule has 0 saturated carbocycles. The molecule has 0 unspecified atom stereocenters. The molecule has 1 amide bonds. The predicted octanol–water partition coefficient (Wildman–Crippen LogP) is 3.37. The SMILES string of the molecule is CCC(F)(F)c1ccc(CNC(=O)c2nccnc2-c2cnccn2)cc1. The quantitative estimate of drug-likeness (QED) is 0.721. The Morgan fingerprint density at radius 3 is 2.41 bits per heavy atom. The fourth-order valence-corrected chi connectivity index (χ4v) is 2.45. The van der Waals surface area contributed by atoms with Crippen LogP contribution in [0, 0.1) is 0 Å². The van der Waals surface area contributed by atoms with Crippen molar-refractivity contribution in [3.05, 3.63) is 72.1 Å². The van der Waals surface area contributed by atoms with E-state index in [0.29, 0.717) is 17.0 Å². The van der Waals surface area contributed by atoms with Crippen LogP contribution in [0.4, 0.5) is 8.78 Å². The first kappa shape index (κ1) is 18.5. The van der Waals surface area contributed by atoms with Crippen molar-refractivity contribution < 1.29 is 13.6 Å². The summed E-state index contributed by atoms with van der Waals surface area (Å²) in [6, 6.07) is 5.88. The van der Waals surface area contributed by atoms with Gasteiger partial charge in [-0.15, -0.1) is 0 Å². The molecule has 0 aliphatic heterocycles. The average molecular weight is 369 g/mol. The molecule has 3 aromatic rings. The number of alkyl halides is 2. The van der Waals surface area contributed by atoms with Crippen molar-refractivity contribution in [1.29, 1.82) is 0 Å². The highest BCUT2D eigenvalue weighted by Gasteiger charge is 2.28. The zero-order valence-corrected chi connectivity index (χ0v) is 14.6. The number of amides is 1. The van der Waals surface area contributed by atoms with Crippen LogP contribution in [0.1, 0.15) is 35.0 Å². The van der Waals surface area contributed by atoms with Gasteiger partial charge in [-0.25, -0.2) is 13.8 Å². The lowest BCUT2D eigenvalue weighted by molar-refractivity contribution is -0.00830. The van der Waals surface area contributed by atoms with Crippen LogP contribution >= 0.6 is 0 Å². The van der Waals surface area contributed by atoms with Crippen LogP contribution in [-0.2, 0) is 12.5 Å². The molecule has 27 heavy (non-hydrogen) atoms. The second kappa shape index (κ2) is 7.94. The van der Waals surface area contributed by atoms with Gasteiger partial charge in [-0.05, 0) is 5.56 Å². The fraction of sp³-hybridized carbons (Fsp3) is 0.211. The minimum absolute atomic E-state index is 0.0426. The van der Waals surface area contributed by atoms with Crippen LogP contribution in [0.3, 0.4) is 0 Å². The molecule has 0 atom stereocenters. The predicted molar refractivity (Wildman–Crippen MR) is 94.9 cm³/mol. The molecular weight excluding hydrogens is 352 g/mol. The molecule has 138 valence electrons. The van der Waals surface area contributed by atoms with Gasteiger partial charge in [0.25, 0.3) is 11.8 Å². The largest absolute Gasteiger partial charge is 0.347 e. The Morgan fingerprint density at radius 2 is 1.74 bits per heavy atom. The Balaban J connectivity index is 1.72. The zero-order chi connectivity index (χ0) is 19.3. The summed E-state index contributed by atoms with van der Waals surface area (Å²) in [6.45, 7) is 1.61. The molecule has 2 heterocycles. The normalized spacial score (nSPS) is 11.2. The monoisotopic (exact) mass is 369 g/mol. The van der Waals surface area contributed by atoms with Gasteiger partial charge in [0.1, 0.15) is 11.4 Å². The molecule has 0 bridgehead atoms. The standard InChI is InChI=1S/C19H17F2N5O/c1-2-19(20,21)14-5-3-13(4-6-14)11-26-18(27)17-16(24-9-10-25-17)15-12-22-7-8-23-15/h3-10,12H,2,11H2,1H3,(H,26,27). The van der Waals surface area contributed by atoms with Gasteiger partial charge in [0.05, 0.1) is 6.20 Å². The van der Waals surface area contributed by atoms with E-state index in [9.17, 15) is 13.6 Å². The van der Waals surface area contributed by atoms with Crippen LogP contribution in [0.2, 0.25) is 0 Å². The van der Waals surface area contributed by atoms with Gasteiger partial charge >= 0.3 is 0 Å². The number of carbonyl (C=O) groups excluding carboxylic acids is 1. The molecule has 6 nitrogen and oxygen atoms in total. The van der Waals surface area contributed by atoms with Crippen molar-refractivity contribution in [2.75, 3.05) is 0 Å². The molecule has 0 saturated heterocycles. The van der Waals surface area contributed by atoms with E-state index >= 15 is 0 Å². The summed E-state index contributed by atoms with van der Waals surface area (Å²) in [7, 11) is 0. The Bertz CT molecular complexity index is 917. The summed E-state index contributed by atoms with van der Waals surface area (Å²) in [5, 5.41) is 2.72. The second-order valence-corrected chi connectivity index (χ2v) is 5.78. The zero-order valence-electron chi connectivity index (χ0n) is 14.6. The Hall–Kier alpha value is -3.29. The van der Waals surface area contributed by atoms with Gasteiger partial charge in [0, 0.05) is 43.3 Å². The van der Waals surface area contributed by atoms with E-state index in [4.69, 9.17) is 0 Å². The highest BCUT2D eigenvalue weighted by atomic mass is 19.3. The van der Waals surface area contributed by atoms with E-state index in [1.165, 1.54) is 50.0 Å². The minimum atomic E-state index is -2.85. The van der Waals surface area contributed by atoms with Crippen molar-refractivity contribution >= 4 is 5.91 Å². The molecule has 0 aliphatic carbocycles. The third-order valence-corrected chi connectivity index (χ3v) is 3.99. The number of halogens is 2. The molecule has 0 fully saturated rings. The Kier molecular flexibility index (Phi) is 5.44. The number of aromatic nitrogens is 4. The summed E-state index contributed by atoms with van der Waals surface area (Å²) >= 11 is 0. The van der Waals surface area contributed by atoms with Crippen molar-refractivity contribution in [1.82, 2.24) is 25.3 Å². The highest BCUT2D eigenvalue weighted by molar-refractivity contribution is 5.97. The van der Waals surface area contributed by atoms with E-state index in [-0.39, 0.29) is 24.2 Å². The number of nitrogens with one attached hydrogen (secondary N) is 1. The summed E-state index contributed by atoms with van der Waals surface area (Å²) in [6.07, 6.45) is 7.13. The van der Waals surface area contributed by atoms with Gasteiger partial charge in [0.15, 0.2) is 5.69 Å². The van der Waals surface area contributed by atoms with Crippen LogP contribution < -0.4 is 5.32 Å². The van der Waals surface area contributed by atoms with Crippen molar-refractivity contribution in [2.24, 2.45) is 0 Å². The minimum Gasteiger partial charge on any atom is -0.347 e. The van der Waals surface area contributed by atoms with Gasteiger partial charge in [-0.3, -0.25) is 19.7 Å². The lowest BCUT2D eigenvalue weighted by Gasteiger charge is -2.14. The lowest BCUT2D eigenvalue weighted by atomic mass is 10.0. The van der Waals surface area contributed by atoms with E-state index in [1.54, 1.807) is 12.1 Å². The highest BCUT2D eigenvalue weighted by Crippen LogP contribution is 2.31. The smallest absolute Gasteiger partial charge is 0.273 e. The average Bonchev–Trinajstić information content (AvgIpc) is 2.73. The number of carbonyl (C=O) groups is 1. The number of hydrogen-bond donors (Lipinski definition) is 1. The van der Waals surface area contributed by atoms with E-state index in [2.05, 4.69) is 25.3 Å². The first-order valence-corrected chi connectivity index (χ1v) is 8.34. The topological polar surface area (TPSA) is 80.7 Å². The second-order valence-electron chi connectivity index (χ2n) is 5.78. The molecular formula is C19H17F2N5O. The third kappa shape index (κ3) is 4.28. The van der Waals surface area contributed by atoms with E-state index in [0.717, 1.165) is 0 Å². The number of hydrogen-bond acceptors (Lipinski definition) is 5. The van der Waals surface area contributed by atoms with Crippen molar-refractivity contribution in [3.63, 3.8) is 0 Å². The molecule has 1 N–H and O–H groups in total. The Morgan fingerprint density at radius 1 is 1.04 bits per heavy atom. The molecule has 3 rings (SSSR count). The van der Waals surface area contributed by atoms with E-state index in [1.807, 2.05) is 0 Å². The van der Waals surface area contributed by atoms with Crippen molar-refractivity contribution in [2.45, 2.75) is 25.8 Å². The van der Waals surface area contributed by atoms with Crippen molar-refractivity contribution in [3.8, 4) is 11.4 Å². The molecule has 1 aromatic carbocycles. The molecule has 0 aliphatic rings. The Labute approximate surface area is 154 Å². The first-order chi connectivity index (χ1) is 13.0. The maximum atomic E-state index is 13.7. The summed E-state index contributed by atoms with van der Waals surface area (Å²) < 4.78 is 27.3. The van der Waals surface area contributed by atoms with Crippen LogP contribution in [0.5, 0.6) is 0 Å². The van der Waals surface area contributed by atoms with Crippen LogP contribution in [-0.4, -0.2) is 25.8 Å². The van der Waals surface area contributed by atoms with Crippen LogP contribution in [0.25, 0.3) is 11.4 Å². The maximum absolute atomic E-state index is 13.7. The summed E-state index contributed by atoms with van der Waals surface area (Å²) in [4.78, 5) is 28.9. The first-order valence-electron chi connectivity index (χ1n) is 8.34. The molecule has 8 heteroatoms. The van der Waals surface area contributed by atoms with Gasteiger partial charge < -0.3 is 5.32 Å². The van der Waals surface area contributed by atoms with E-state index < -0.39 is 11.8 Å². The van der Waals surface area contributed by atoms with Gasteiger partial charge in [-0.1, -0.05) is 31.2 Å². The summed E-state index contributed by atoms with van der Waals surface area (Å²) in [5.74, 6) is -3.29. The van der Waals surface area contributed by atoms with Crippen LogP contribution in [0.15, 0.2) is 55.2 Å².